The number of benzene rings is 1. The molecule has 0 aliphatic carbocycles. The van der Waals surface area contributed by atoms with Gasteiger partial charge >= 0.3 is 0 Å². The number of hydrogen-bond acceptors (Lipinski definition) is 5. The molecule has 0 radical (unpaired) electrons. The smallest absolute Gasteiger partial charge is 0.257 e. The molecule has 3 aromatic rings. The average Bonchev–Trinajstić information content (AvgIpc) is 3.01. The van der Waals surface area contributed by atoms with Gasteiger partial charge in [-0.25, -0.2) is 0 Å². The van der Waals surface area contributed by atoms with Crippen LogP contribution in [0.2, 0.25) is 0 Å². The van der Waals surface area contributed by atoms with Gasteiger partial charge in [-0.1, -0.05) is 29.5 Å². The number of ether oxygens (including phenoxy) is 2. The number of aromatic amines is 1. The molecule has 2 aromatic heterocycles. The highest BCUT2D eigenvalue weighted by Crippen LogP contribution is 2.34. The molecule has 1 aromatic carbocycles. The summed E-state index contributed by atoms with van der Waals surface area (Å²) in [5, 5.41) is 2.57. The Kier molecular flexibility index (Phi) is 4.03. The van der Waals surface area contributed by atoms with Crippen LogP contribution >= 0.6 is 11.3 Å². The number of H-pyrrole nitrogens is 1. The fourth-order valence-electron chi connectivity index (χ4n) is 2.89. The molecule has 0 unspecified atom stereocenters. The Morgan fingerprint density at radius 1 is 1.22 bits per heavy atom. The van der Waals surface area contributed by atoms with Crippen molar-refractivity contribution in [1.29, 1.82) is 0 Å². The first-order valence-electron chi connectivity index (χ1n) is 7.79. The first-order chi connectivity index (χ1) is 11.3. The van der Waals surface area contributed by atoms with Crippen molar-refractivity contribution in [2.75, 3.05) is 39.5 Å². The van der Waals surface area contributed by atoms with Gasteiger partial charge in [0, 0.05) is 36.6 Å². The Hall–Kier alpha value is -1.89. The van der Waals surface area contributed by atoms with Crippen LogP contribution in [0.25, 0.3) is 21.0 Å². The number of morpholine rings is 1. The average molecular weight is 330 g/mol. The molecule has 23 heavy (non-hydrogen) atoms. The summed E-state index contributed by atoms with van der Waals surface area (Å²) in [4.78, 5) is 17.5. The molecule has 3 heterocycles. The maximum Gasteiger partial charge on any atom is 0.257 e. The van der Waals surface area contributed by atoms with Gasteiger partial charge in [-0.2, -0.15) is 0 Å². The molecule has 0 saturated carbocycles. The van der Waals surface area contributed by atoms with Crippen LogP contribution in [0.5, 0.6) is 5.06 Å². The zero-order valence-electron chi connectivity index (χ0n) is 12.7. The lowest BCUT2D eigenvalue weighted by atomic mass is 10.2. The van der Waals surface area contributed by atoms with E-state index in [9.17, 15) is 4.79 Å². The van der Waals surface area contributed by atoms with E-state index < -0.39 is 0 Å². The molecule has 1 aliphatic rings. The number of hydrogen-bond donors (Lipinski definition) is 1. The first kappa shape index (κ1) is 14.7. The van der Waals surface area contributed by atoms with Gasteiger partial charge in [0.2, 0.25) is 0 Å². The molecule has 1 aliphatic heterocycles. The molecule has 0 spiro atoms. The minimum absolute atomic E-state index is 0.0574. The summed E-state index contributed by atoms with van der Waals surface area (Å²) in [7, 11) is 0. The van der Waals surface area contributed by atoms with Gasteiger partial charge in [0.05, 0.1) is 23.3 Å². The fourth-order valence-corrected chi connectivity index (χ4v) is 3.96. The summed E-state index contributed by atoms with van der Waals surface area (Å²) in [6, 6.07) is 9.72. The zero-order chi connectivity index (χ0) is 15.6. The molecular weight excluding hydrogens is 312 g/mol. The Bertz CT molecular complexity index is 880. The molecule has 0 bridgehead atoms. The molecule has 0 atom stereocenters. The molecule has 1 N–H and O–H groups in total. The third-order valence-electron chi connectivity index (χ3n) is 4.13. The van der Waals surface area contributed by atoms with Gasteiger partial charge in [0.25, 0.3) is 5.56 Å². The molecule has 4 rings (SSSR count). The SMILES string of the molecule is O=c1[nH]c2ccccc2c2sc(OCCN3CCOCC3)cc12. The second-order valence-corrected chi connectivity index (χ2v) is 6.63. The van der Waals surface area contributed by atoms with Crippen LogP contribution in [-0.2, 0) is 4.74 Å². The van der Waals surface area contributed by atoms with Gasteiger partial charge in [0.15, 0.2) is 5.06 Å². The van der Waals surface area contributed by atoms with Gasteiger partial charge in [-0.05, 0) is 6.07 Å². The highest BCUT2D eigenvalue weighted by molar-refractivity contribution is 7.21. The van der Waals surface area contributed by atoms with Crippen molar-refractivity contribution in [2.45, 2.75) is 0 Å². The minimum Gasteiger partial charge on any atom is -0.483 e. The zero-order valence-corrected chi connectivity index (χ0v) is 13.5. The van der Waals surface area contributed by atoms with Crippen molar-refractivity contribution in [3.63, 3.8) is 0 Å². The maximum absolute atomic E-state index is 12.2. The lowest BCUT2D eigenvalue weighted by molar-refractivity contribution is 0.0324. The van der Waals surface area contributed by atoms with Gasteiger partial charge in [0.1, 0.15) is 6.61 Å². The van der Waals surface area contributed by atoms with Crippen molar-refractivity contribution >= 4 is 32.3 Å². The van der Waals surface area contributed by atoms with Gasteiger partial charge in [-0.15, -0.1) is 0 Å². The molecule has 6 heteroatoms. The lowest BCUT2D eigenvalue weighted by Crippen LogP contribution is -2.38. The van der Waals surface area contributed by atoms with Crippen LogP contribution in [0, 0.1) is 0 Å². The highest BCUT2D eigenvalue weighted by atomic mass is 32.1. The number of rotatable bonds is 4. The van der Waals surface area contributed by atoms with E-state index in [0.29, 0.717) is 12.0 Å². The minimum atomic E-state index is -0.0574. The van der Waals surface area contributed by atoms with Gasteiger partial charge < -0.3 is 14.5 Å². The van der Waals surface area contributed by atoms with Crippen LogP contribution in [0.4, 0.5) is 0 Å². The third-order valence-corrected chi connectivity index (χ3v) is 5.21. The Balaban J connectivity index is 1.55. The van der Waals surface area contributed by atoms with Crippen molar-refractivity contribution in [1.82, 2.24) is 9.88 Å². The summed E-state index contributed by atoms with van der Waals surface area (Å²) in [5.74, 6) is 0. The van der Waals surface area contributed by atoms with E-state index in [4.69, 9.17) is 9.47 Å². The number of nitrogens with one attached hydrogen (secondary N) is 1. The Labute approximate surface area is 137 Å². The standard InChI is InChI=1S/C17H18N2O3S/c20-17-13-11-15(22-10-7-19-5-8-21-9-6-19)23-16(13)12-3-1-2-4-14(12)18-17/h1-4,11H,5-10H2,(H,18,20). The molecule has 120 valence electrons. The number of nitrogens with zero attached hydrogens (tertiary/aromatic N) is 1. The molecule has 0 amide bonds. The van der Waals surface area contributed by atoms with Crippen LogP contribution in [0.15, 0.2) is 35.1 Å². The number of thiophene rings is 1. The summed E-state index contributed by atoms with van der Waals surface area (Å²) < 4.78 is 12.2. The van der Waals surface area contributed by atoms with E-state index >= 15 is 0 Å². The van der Waals surface area contributed by atoms with Crippen molar-refractivity contribution in [3.05, 3.63) is 40.7 Å². The summed E-state index contributed by atoms with van der Waals surface area (Å²) in [5.41, 5.74) is 0.810. The quantitative estimate of drug-likeness (QED) is 0.798. The van der Waals surface area contributed by atoms with Crippen LogP contribution in [0.1, 0.15) is 0 Å². The third kappa shape index (κ3) is 2.97. The second kappa shape index (κ2) is 6.31. The Morgan fingerprint density at radius 3 is 2.91 bits per heavy atom. The number of aromatic nitrogens is 1. The molecule has 1 saturated heterocycles. The Morgan fingerprint density at radius 2 is 2.04 bits per heavy atom. The predicted octanol–water partition coefficient (Wildman–Crippen LogP) is 2.45. The fraction of sp³-hybridized carbons (Fsp3) is 0.353. The largest absolute Gasteiger partial charge is 0.483 e. The van der Waals surface area contributed by atoms with E-state index in [0.717, 1.165) is 53.5 Å². The molecule has 5 nitrogen and oxygen atoms in total. The molecular formula is C17H18N2O3S. The molecule has 1 fully saturated rings. The highest BCUT2D eigenvalue weighted by Gasteiger charge is 2.12. The van der Waals surface area contributed by atoms with E-state index in [-0.39, 0.29) is 5.56 Å². The van der Waals surface area contributed by atoms with E-state index in [2.05, 4.69) is 9.88 Å². The number of fused-ring (bicyclic) bond motifs is 3. The lowest BCUT2D eigenvalue weighted by Gasteiger charge is -2.26. The van der Waals surface area contributed by atoms with Crippen molar-refractivity contribution in [3.8, 4) is 5.06 Å². The second-order valence-electron chi connectivity index (χ2n) is 5.61. The number of para-hydroxylation sites is 1. The first-order valence-corrected chi connectivity index (χ1v) is 8.60. The van der Waals surface area contributed by atoms with Crippen LogP contribution in [-0.4, -0.2) is 49.3 Å². The number of pyridine rings is 1. The monoisotopic (exact) mass is 330 g/mol. The normalized spacial score (nSPS) is 16.2. The predicted molar refractivity (Wildman–Crippen MR) is 92.7 cm³/mol. The summed E-state index contributed by atoms with van der Waals surface area (Å²) in [6.07, 6.45) is 0. The van der Waals surface area contributed by atoms with Crippen LogP contribution in [0.3, 0.4) is 0 Å². The van der Waals surface area contributed by atoms with Crippen molar-refractivity contribution < 1.29 is 9.47 Å². The van der Waals surface area contributed by atoms with E-state index in [1.165, 1.54) is 0 Å². The van der Waals surface area contributed by atoms with Crippen LogP contribution < -0.4 is 10.3 Å². The van der Waals surface area contributed by atoms with Crippen molar-refractivity contribution in [2.24, 2.45) is 0 Å². The van der Waals surface area contributed by atoms with E-state index in [1.54, 1.807) is 11.3 Å². The maximum atomic E-state index is 12.2. The van der Waals surface area contributed by atoms with E-state index in [1.807, 2.05) is 30.3 Å². The topological polar surface area (TPSA) is 54.6 Å². The van der Waals surface area contributed by atoms with Gasteiger partial charge in [-0.3, -0.25) is 9.69 Å². The summed E-state index contributed by atoms with van der Waals surface area (Å²) >= 11 is 1.54. The summed E-state index contributed by atoms with van der Waals surface area (Å²) in [6.45, 7) is 5.02.